The molecular weight excluding hydrogens is 326 g/mol. The van der Waals surface area contributed by atoms with Crippen molar-refractivity contribution < 1.29 is 0 Å². The van der Waals surface area contributed by atoms with Crippen LogP contribution in [-0.2, 0) is 20.1 Å². The maximum Gasteiger partial charge on any atom is 0.146 e. The summed E-state index contributed by atoms with van der Waals surface area (Å²) in [6.45, 7) is 6.46. The van der Waals surface area contributed by atoms with Gasteiger partial charge in [-0.2, -0.15) is 0 Å². The van der Waals surface area contributed by atoms with Crippen LogP contribution in [0.1, 0.15) is 61.9 Å². The van der Waals surface area contributed by atoms with Crippen molar-refractivity contribution in [1.29, 1.82) is 0 Å². The lowest BCUT2D eigenvalue weighted by atomic mass is 9.96. The Balaban J connectivity index is 1.33. The zero-order valence-corrected chi connectivity index (χ0v) is 15.9. The van der Waals surface area contributed by atoms with Crippen LogP contribution in [0.4, 0.5) is 0 Å². The fourth-order valence-electron chi connectivity index (χ4n) is 4.31. The summed E-state index contributed by atoms with van der Waals surface area (Å²) in [5.41, 5.74) is 0. The molecule has 0 spiro atoms. The van der Waals surface area contributed by atoms with Gasteiger partial charge in [0.1, 0.15) is 17.5 Å². The van der Waals surface area contributed by atoms with Crippen LogP contribution in [0.2, 0.25) is 0 Å². The van der Waals surface area contributed by atoms with Gasteiger partial charge in [-0.3, -0.25) is 9.80 Å². The monoisotopic (exact) mass is 357 g/mol. The lowest BCUT2D eigenvalue weighted by molar-refractivity contribution is 0.196. The van der Waals surface area contributed by atoms with Crippen LogP contribution in [0.3, 0.4) is 0 Å². The first kappa shape index (κ1) is 17.7. The number of nitrogens with one attached hydrogen (secondary N) is 1. The summed E-state index contributed by atoms with van der Waals surface area (Å²) in [5.74, 6) is 3.88. The molecule has 0 unspecified atom stereocenters. The number of hydrogen-bond donors (Lipinski definition) is 1. The maximum atomic E-state index is 4.58. The van der Waals surface area contributed by atoms with Crippen LogP contribution in [-0.4, -0.2) is 60.7 Å². The van der Waals surface area contributed by atoms with E-state index in [1.54, 1.807) is 0 Å². The number of H-pyrrole nitrogens is 1. The second kappa shape index (κ2) is 8.31. The maximum absolute atomic E-state index is 4.58. The highest BCUT2D eigenvalue weighted by Gasteiger charge is 2.26. The Bertz CT molecular complexity index is 662. The molecule has 2 aliphatic heterocycles. The van der Waals surface area contributed by atoms with Crippen LogP contribution in [0.5, 0.6) is 0 Å². The highest BCUT2D eigenvalue weighted by Crippen LogP contribution is 2.27. The molecule has 0 saturated carbocycles. The Morgan fingerprint density at radius 3 is 2.38 bits per heavy atom. The quantitative estimate of drug-likeness (QED) is 0.889. The second-order valence-corrected chi connectivity index (χ2v) is 7.81. The van der Waals surface area contributed by atoms with Crippen molar-refractivity contribution in [2.75, 3.05) is 26.2 Å². The zero-order chi connectivity index (χ0) is 17.8. The highest BCUT2D eigenvalue weighted by atomic mass is 15.3. The van der Waals surface area contributed by atoms with Gasteiger partial charge in [0.2, 0.25) is 0 Å². The SMILES string of the molecule is Cn1c(CN2CCCCCC2)nnc1C1CCN(Cc2ncc[nH]2)CC1. The van der Waals surface area contributed by atoms with Gasteiger partial charge in [0.15, 0.2) is 0 Å². The molecule has 0 aliphatic carbocycles. The van der Waals surface area contributed by atoms with Gasteiger partial charge < -0.3 is 9.55 Å². The minimum absolute atomic E-state index is 0.526. The molecule has 4 heterocycles. The van der Waals surface area contributed by atoms with Crippen molar-refractivity contribution in [1.82, 2.24) is 34.5 Å². The molecule has 0 bridgehead atoms. The molecule has 4 rings (SSSR count). The smallest absolute Gasteiger partial charge is 0.146 e. The third-order valence-corrected chi connectivity index (χ3v) is 5.94. The number of aromatic nitrogens is 5. The van der Waals surface area contributed by atoms with E-state index in [0.717, 1.165) is 50.7 Å². The molecule has 1 N–H and O–H groups in total. The predicted octanol–water partition coefficient (Wildman–Crippen LogP) is 2.29. The summed E-state index contributed by atoms with van der Waals surface area (Å²) in [6, 6.07) is 0. The summed E-state index contributed by atoms with van der Waals surface area (Å²) in [6.07, 6.45) is 11.4. The van der Waals surface area contributed by atoms with E-state index < -0.39 is 0 Å². The number of rotatable bonds is 5. The standard InChI is InChI=1S/C19H31N7/c1-24-18(15-25-10-4-2-3-5-11-25)22-23-19(24)16-6-12-26(13-7-16)14-17-20-8-9-21-17/h8-9,16H,2-7,10-15H2,1H3,(H,20,21). The molecule has 7 nitrogen and oxygen atoms in total. The Morgan fingerprint density at radius 1 is 0.962 bits per heavy atom. The summed E-state index contributed by atoms with van der Waals surface area (Å²) < 4.78 is 2.26. The molecule has 0 atom stereocenters. The van der Waals surface area contributed by atoms with Gasteiger partial charge in [-0.15, -0.1) is 10.2 Å². The van der Waals surface area contributed by atoms with Crippen molar-refractivity contribution in [2.45, 2.75) is 57.5 Å². The van der Waals surface area contributed by atoms with E-state index in [4.69, 9.17) is 0 Å². The minimum atomic E-state index is 0.526. The number of piperidine rings is 1. The molecular formula is C19H31N7. The van der Waals surface area contributed by atoms with Gasteiger partial charge in [-0.25, -0.2) is 4.98 Å². The minimum Gasteiger partial charge on any atom is -0.348 e. The fraction of sp³-hybridized carbons (Fsp3) is 0.737. The van der Waals surface area contributed by atoms with Gasteiger partial charge in [0.25, 0.3) is 0 Å². The molecule has 0 amide bonds. The average Bonchev–Trinajstić information content (AvgIpc) is 3.20. The number of imidazole rings is 1. The number of aromatic amines is 1. The van der Waals surface area contributed by atoms with E-state index in [2.05, 4.69) is 41.6 Å². The van der Waals surface area contributed by atoms with Crippen molar-refractivity contribution in [3.05, 3.63) is 29.9 Å². The number of hydrogen-bond acceptors (Lipinski definition) is 5. The first-order valence-electron chi connectivity index (χ1n) is 10.1. The summed E-state index contributed by atoms with van der Waals surface area (Å²) in [4.78, 5) is 12.6. The van der Waals surface area contributed by atoms with E-state index in [0.29, 0.717) is 5.92 Å². The Hall–Kier alpha value is -1.73. The van der Waals surface area contributed by atoms with Crippen molar-refractivity contribution >= 4 is 0 Å². The molecule has 0 aromatic carbocycles. The molecule has 2 aromatic heterocycles. The largest absolute Gasteiger partial charge is 0.348 e. The van der Waals surface area contributed by atoms with Crippen LogP contribution in [0, 0.1) is 0 Å². The third kappa shape index (κ3) is 4.15. The topological polar surface area (TPSA) is 65.9 Å². The van der Waals surface area contributed by atoms with Gasteiger partial charge in [-0.1, -0.05) is 12.8 Å². The molecule has 7 heteroatoms. The summed E-state index contributed by atoms with van der Waals surface area (Å²) in [5, 5.41) is 9.12. The molecule has 142 valence electrons. The fourth-order valence-corrected chi connectivity index (χ4v) is 4.31. The lowest BCUT2D eigenvalue weighted by Gasteiger charge is -2.30. The average molecular weight is 358 g/mol. The van der Waals surface area contributed by atoms with Gasteiger partial charge in [-0.05, 0) is 51.9 Å². The number of nitrogens with zero attached hydrogens (tertiary/aromatic N) is 6. The summed E-state index contributed by atoms with van der Waals surface area (Å²) in [7, 11) is 2.15. The molecule has 2 saturated heterocycles. The van der Waals surface area contributed by atoms with Crippen LogP contribution in [0.25, 0.3) is 0 Å². The summed E-state index contributed by atoms with van der Waals surface area (Å²) >= 11 is 0. The second-order valence-electron chi connectivity index (χ2n) is 7.81. The molecule has 2 aliphatic rings. The lowest BCUT2D eigenvalue weighted by Crippen LogP contribution is -2.33. The highest BCUT2D eigenvalue weighted by molar-refractivity contribution is 5.04. The Kier molecular flexibility index (Phi) is 5.65. The normalized spacial score (nSPS) is 21.1. The van der Waals surface area contributed by atoms with Gasteiger partial charge in [0.05, 0.1) is 13.1 Å². The van der Waals surface area contributed by atoms with Crippen LogP contribution < -0.4 is 0 Å². The van der Waals surface area contributed by atoms with E-state index in [9.17, 15) is 0 Å². The predicted molar refractivity (Wildman–Crippen MR) is 101 cm³/mol. The molecule has 0 radical (unpaired) electrons. The van der Waals surface area contributed by atoms with Crippen LogP contribution in [0.15, 0.2) is 12.4 Å². The first-order valence-corrected chi connectivity index (χ1v) is 10.1. The van der Waals surface area contributed by atoms with Crippen molar-refractivity contribution in [3.63, 3.8) is 0 Å². The van der Waals surface area contributed by atoms with E-state index >= 15 is 0 Å². The van der Waals surface area contributed by atoms with Crippen molar-refractivity contribution in [3.8, 4) is 0 Å². The number of likely N-dealkylation sites (tertiary alicyclic amines) is 2. The third-order valence-electron chi connectivity index (χ3n) is 5.94. The Morgan fingerprint density at radius 2 is 1.69 bits per heavy atom. The van der Waals surface area contributed by atoms with Gasteiger partial charge >= 0.3 is 0 Å². The first-order chi connectivity index (χ1) is 12.8. The molecule has 2 aromatic rings. The van der Waals surface area contributed by atoms with E-state index in [1.165, 1.54) is 44.6 Å². The van der Waals surface area contributed by atoms with E-state index in [1.807, 2.05) is 12.4 Å². The molecule has 26 heavy (non-hydrogen) atoms. The Labute approximate surface area is 155 Å². The van der Waals surface area contributed by atoms with Gasteiger partial charge in [0, 0.05) is 25.4 Å². The zero-order valence-electron chi connectivity index (χ0n) is 15.9. The van der Waals surface area contributed by atoms with Crippen molar-refractivity contribution in [2.24, 2.45) is 7.05 Å². The van der Waals surface area contributed by atoms with E-state index in [-0.39, 0.29) is 0 Å². The van der Waals surface area contributed by atoms with Crippen LogP contribution >= 0.6 is 0 Å². The molecule has 2 fully saturated rings.